The van der Waals surface area contributed by atoms with Crippen LogP contribution in [0.2, 0.25) is 0 Å². The Labute approximate surface area is 122 Å². The number of benzene rings is 2. The first-order valence-corrected chi connectivity index (χ1v) is 6.99. The minimum atomic E-state index is 0.294. The van der Waals surface area contributed by atoms with Crippen molar-refractivity contribution in [3.05, 3.63) is 60.4 Å². The van der Waals surface area contributed by atoms with Gasteiger partial charge in [0.2, 0.25) is 5.88 Å². The van der Waals surface area contributed by atoms with E-state index in [-0.39, 0.29) is 0 Å². The summed E-state index contributed by atoms with van der Waals surface area (Å²) in [6.07, 6.45) is 4.03. The van der Waals surface area contributed by atoms with Crippen molar-refractivity contribution in [3.63, 3.8) is 0 Å². The number of hydrogen-bond donors (Lipinski definition) is 1. The van der Waals surface area contributed by atoms with E-state index in [1.807, 2.05) is 49.1 Å². The van der Waals surface area contributed by atoms with E-state index in [0.29, 0.717) is 5.88 Å². The number of aryl methyl sites for hydroxylation is 2. The molecule has 0 atom stereocenters. The molecule has 0 aliphatic carbocycles. The van der Waals surface area contributed by atoms with Crippen LogP contribution in [0, 0.1) is 6.92 Å². The molecular formula is C18H16N2O. The van der Waals surface area contributed by atoms with Crippen LogP contribution in [0.4, 0.5) is 0 Å². The van der Waals surface area contributed by atoms with Crippen LogP contribution in [0.1, 0.15) is 5.56 Å². The first kappa shape index (κ1) is 12.1. The van der Waals surface area contributed by atoms with Crippen LogP contribution >= 0.6 is 0 Å². The van der Waals surface area contributed by atoms with Crippen LogP contribution in [0.15, 0.2) is 54.9 Å². The summed E-state index contributed by atoms with van der Waals surface area (Å²) in [6.45, 7) is 2.03. The van der Waals surface area contributed by atoms with E-state index in [9.17, 15) is 5.11 Å². The molecule has 0 amide bonds. The van der Waals surface area contributed by atoms with Gasteiger partial charge in [-0.05, 0) is 36.6 Å². The fourth-order valence-electron chi connectivity index (χ4n) is 2.90. The summed E-state index contributed by atoms with van der Waals surface area (Å²) in [5.74, 6) is 0.294. The Morgan fingerprint density at radius 3 is 2.62 bits per heavy atom. The highest BCUT2D eigenvalue weighted by atomic mass is 16.3. The molecule has 0 fully saturated rings. The van der Waals surface area contributed by atoms with Gasteiger partial charge in [-0.1, -0.05) is 23.8 Å². The zero-order chi connectivity index (χ0) is 14.6. The molecule has 0 saturated heterocycles. The molecule has 0 spiro atoms. The molecule has 2 aromatic carbocycles. The summed E-state index contributed by atoms with van der Waals surface area (Å²) in [5.41, 5.74) is 3.27. The smallest absolute Gasteiger partial charge is 0.203 e. The van der Waals surface area contributed by atoms with Crippen LogP contribution in [-0.4, -0.2) is 14.2 Å². The number of fused-ring (bicyclic) bond motifs is 2. The highest BCUT2D eigenvalue weighted by Crippen LogP contribution is 2.31. The zero-order valence-corrected chi connectivity index (χ0v) is 12.0. The summed E-state index contributed by atoms with van der Waals surface area (Å²) in [6, 6.07) is 14.4. The lowest BCUT2D eigenvalue weighted by molar-refractivity contribution is 0.448. The SMILES string of the molecule is Cc1ccc2cn(-c3ccc4ccn(C)c4c3)c(O)c2c1. The Morgan fingerprint density at radius 2 is 1.76 bits per heavy atom. The molecule has 3 heteroatoms. The third-order valence-corrected chi connectivity index (χ3v) is 4.10. The minimum absolute atomic E-state index is 0.294. The largest absolute Gasteiger partial charge is 0.494 e. The molecule has 0 unspecified atom stereocenters. The molecule has 21 heavy (non-hydrogen) atoms. The lowest BCUT2D eigenvalue weighted by atomic mass is 10.1. The van der Waals surface area contributed by atoms with Gasteiger partial charge in [0.05, 0.1) is 5.69 Å². The van der Waals surface area contributed by atoms with E-state index < -0.39 is 0 Å². The highest BCUT2D eigenvalue weighted by Gasteiger charge is 2.10. The second kappa shape index (κ2) is 4.16. The molecule has 0 saturated carbocycles. The van der Waals surface area contributed by atoms with Crippen LogP contribution < -0.4 is 0 Å². The Balaban J connectivity index is 1.99. The summed E-state index contributed by atoms with van der Waals surface area (Å²) < 4.78 is 3.93. The normalized spacial score (nSPS) is 11.5. The third-order valence-electron chi connectivity index (χ3n) is 4.10. The van der Waals surface area contributed by atoms with Gasteiger partial charge in [0, 0.05) is 35.7 Å². The van der Waals surface area contributed by atoms with E-state index in [4.69, 9.17) is 0 Å². The Hall–Kier alpha value is -2.68. The van der Waals surface area contributed by atoms with Gasteiger partial charge in [-0.25, -0.2) is 0 Å². The van der Waals surface area contributed by atoms with Gasteiger partial charge in [-0.15, -0.1) is 0 Å². The molecule has 1 N–H and O–H groups in total. The van der Waals surface area contributed by atoms with Crippen molar-refractivity contribution in [2.75, 3.05) is 0 Å². The maximum absolute atomic E-state index is 10.5. The fourth-order valence-corrected chi connectivity index (χ4v) is 2.90. The first-order chi connectivity index (χ1) is 10.1. The van der Waals surface area contributed by atoms with Gasteiger partial charge in [0.1, 0.15) is 0 Å². The fraction of sp³-hybridized carbons (Fsp3) is 0.111. The summed E-state index contributed by atoms with van der Waals surface area (Å²) in [5, 5.41) is 13.7. The molecule has 0 aliphatic heterocycles. The Kier molecular flexibility index (Phi) is 2.39. The molecular weight excluding hydrogens is 260 g/mol. The molecule has 104 valence electrons. The van der Waals surface area contributed by atoms with Crippen molar-refractivity contribution in [1.82, 2.24) is 9.13 Å². The van der Waals surface area contributed by atoms with Crippen molar-refractivity contribution in [1.29, 1.82) is 0 Å². The number of nitrogens with zero attached hydrogens (tertiary/aromatic N) is 2. The average molecular weight is 276 g/mol. The Morgan fingerprint density at radius 1 is 0.952 bits per heavy atom. The first-order valence-electron chi connectivity index (χ1n) is 6.99. The van der Waals surface area contributed by atoms with Crippen LogP contribution in [0.3, 0.4) is 0 Å². The molecule has 3 nitrogen and oxygen atoms in total. The van der Waals surface area contributed by atoms with E-state index in [1.165, 1.54) is 5.39 Å². The lowest BCUT2D eigenvalue weighted by Crippen LogP contribution is -1.92. The molecule has 2 aromatic heterocycles. The average Bonchev–Trinajstić information content (AvgIpc) is 3.01. The number of aromatic hydroxyl groups is 1. The number of rotatable bonds is 1. The topological polar surface area (TPSA) is 30.1 Å². The van der Waals surface area contributed by atoms with Crippen molar-refractivity contribution in [3.8, 4) is 11.6 Å². The van der Waals surface area contributed by atoms with E-state index >= 15 is 0 Å². The second-order valence-corrected chi connectivity index (χ2v) is 5.58. The van der Waals surface area contributed by atoms with Gasteiger partial charge in [-0.3, -0.25) is 4.57 Å². The predicted octanol–water partition coefficient (Wildman–Crippen LogP) is 4.14. The maximum Gasteiger partial charge on any atom is 0.203 e. The number of hydrogen-bond acceptors (Lipinski definition) is 1. The van der Waals surface area contributed by atoms with Crippen LogP contribution in [0.25, 0.3) is 27.4 Å². The standard InChI is InChI=1S/C18H16N2O/c1-12-3-4-14-11-20(18(21)16(14)9-12)15-6-5-13-7-8-19(2)17(13)10-15/h3-11,21H,1-2H3. The molecule has 0 aliphatic rings. The van der Waals surface area contributed by atoms with Crippen molar-refractivity contribution < 1.29 is 5.11 Å². The van der Waals surface area contributed by atoms with Crippen molar-refractivity contribution >= 4 is 21.7 Å². The van der Waals surface area contributed by atoms with Gasteiger partial charge in [0.15, 0.2) is 0 Å². The van der Waals surface area contributed by atoms with Crippen LogP contribution in [0.5, 0.6) is 5.88 Å². The van der Waals surface area contributed by atoms with Gasteiger partial charge in [-0.2, -0.15) is 0 Å². The van der Waals surface area contributed by atoms with Gasteiger partial charge < -0.3 is 9.67 Å². The summed E-state index contributed by atoms with van der Waals surface area (Å²) in [4.78, 5) is 0. The molecule has 2 heterocycles. The van der Waals surface area contributed by atoms with Crippen molar-refractivity contribution in [2.24, 2.45) is 7.05 Å². The van der Waals surface area contributed by atoms with Gasteiger partial charge in [0.25, 0.3) is 0 Å². The van der Waals surface area contributed by atoms with Crippen molar-refractivity contribution in [2.45, 2.75) is 6.92 Å². The Bertz CT molecular complexity index is 976. The van der Waals surface area contributed by atoms with E-state index in [2.05, 4.69) is 28.8 Å². The zero-order valence-electron chi connectivity index (χ0n) is 12.0. The second-order valence-electron chi connectivity index (χ2n) is 5.58. The lowest BCUT2D eigenvalue weighted by Gasteiger charge is -2.06. The quantitative estimate of drug-likeness (QED) is 0.556. The third kappa shape index (κ3) is 1.74. The minimum Gasteiger partial charge on any atom is -0.494 e. The maximum atomic E-state index is 10.5. The van der Waals surface area contributed by atoms with E-state index in [1.54, 1.807) is 0 Å². The van der Waals surface area contributed by atoms with Gasteiger partial charge >= 0.3 is 0 Å². The van der Waals surface area contributed by atoms with E-state index in [0.717, 1.165) is 27.5 Å². The monoisotopic (exact) mass is 276 g/mol. The van der Waals surface area contributed by atoms with Crippen LogP contribution in [-0.2, 0) is 7.05 Å². The molecule has 4 rings (SSSR count). The molecule has 4 aromatic rings. The summed E-state index contributed by atoms with van der Waals surface area (Å²) >= 11 is 0. The number of aromatic nitrogens is 2. The molecule has 0 radical (unpaired) electrons. The predicted molar refractivity (Wildman–Crippen MR) is 86.2 cm³/mol. The highest BCUT2D eigenvalue weighted by molar-refractivity contribution is 5.90. The molecule has 0 bridgehead atoms. The summed E-state index contributed by atoms with van der Waals surface area (Å²) in [7, 11) is 2.03.